The van der Waals surface area contributed by atoms with Crippen LogP contribution in [0.15, 0.2) is 0 Å². The van der Waals surface area contributed by atoms with Crippen molar-refractivity contribution in [3.63, 3.8) is 0 Å². The fraction of sp³-hybridized carbons (Fsp3) is 0.643. The molecule has 1 unspecified atom stereocenters. The molecule has 24 heavy (non-hydrogen) atoms. The van der Waals surface area contributed by atoms with E-state index in [1.165, 1.54) is 20.8 Å². The molecule has 0 radical (unpaired) electrons. The first-order valence-electron chi connectivity index (χ1n) is 7.27. The molecule has 2 aliphatic heterocycles. The Bertz CT molecular complexity index is 581. The Balaban J connectivity index is 1.83. The van der Waals surface area contributed by atoms with Crippen LogP contribution in [0.3, 0.4) is 0 Å². The zero-order valence-corrected chi connectivity index (χ0v) is 13.4. The van der Waals surface area contributed by atoms with Gasteiger partial charge in [-0.25, -0.2) is 9.59 Å². The molecule has 0 aliphatic carbocycles. The van der Waals surface area contributed by atoms with Gasteiger partial charge in [-0.1, -0.05) is 0 Å². The highest BCUT2D eigenvalue weighted by atomic mass is 16.8. The van der Waals surface area contributed by atoms with Gasteiger partial charge in [0.15, 0.2) is 12.2 Å². The van der Waals surface area contributed by atoms with Crippen molar-refractivity contribution < 1.29 is 43.0 Å². The Hall–Kier alpha value is -2.49. The summed E-state index contributed by atoms with van der Waals surface area (Å²) in [6, 6.07) is 0. The quantitative estimate of drug-likeness (QED) is 0.484. The molecule has 0 spiro atoms. The molecule has 0 aromatic heterocycles. The summed E-state index contributed by atoms with van der Waals surface area (Å²) in [6.45, 7) is 4.24. The van der Waals surface area contributed by atoms with Crippen LogP contribution in [0.4, 0.5) is 0 Å². The SMILES string of the molecule is CC(OC(=O)C[C@@H]1OC(C)(C)OC1=O)C(=O)ON1C(=O)CCC1=O. The molecule has 2 atom stereocenters. The summed E-state index contributed by atoms with van der Waals surface area (Å²) < 4.78 is 14.9. The molecular formula is C14H17NO9. The first kappa shape index (κ1) is 17.9. The van der Waals surface area contributed by atoms with Crippen molar-refractivity contribution in [1.29, 1.82) is 0 Å². The van der Waals surface area contributed by atoms with Crippen LogP contribution >= 0.6 is 0 Å². The van der Waals surface area contributed by atoms with Crippen molar-refractivity contribution >= 4 is 29.7 Å². The molecular weight excluding hydrogens is 326 g/mol. The minimum atomic E-state index is -1.37. The van der Waals surface area contributed by atoms with Gasteiger partial charge in [-0.3, -0.25) is 14.4 Å². The minimum absolute atomic E-state index is 0.0444. The summed E-state index contributed by atoms with van der Waals surface area (Å²) >= 11 is 0. The topological polar surface area (TPSA) is 126 Å². The highest BCUT2D eigenvalue weighted by Gasteiger charge is 2.42. The van der Waals surface area contributed by atoms with Gasteiger partial charge >= 0.3 is 17.9 Å². The molecule has 2 amide bonds. The number of carbonyl (C=O) groups is 5. The number of cyclic esters (lactones) is 1. The van der Waals surface area contributed by atoms with E-state index in [0.717, 1.165) is 0 Å². The number of ether oxygens (including phenoxy) is 3. The van der Waals surface area contributed by atoms with E-state index in [-0.39, 0.29) is 12.8 Å². The lowest BCUT2D eigenvalue weighted by atomic mass is 10.2. The van der Waals surface area contributed by atoms with Gasteiger partial charge in [0.1, 0.15) is 0 Å². The lowest BCUT2D eigenvalue weighted by molar-refractivity contribution is -0.205. The van der Waals surface area contributed by atoms with Crippen molar-refractivity contribution in [2.45, 2.75) is 58.0 Å². The van der Waals surface area contributed by atoms with E-state index in [9.17, 15) is 24.0 Å². The molecule has 0 N–H and O–H groups in total. The second kappa shape index (κ2) is 6.56. The maximum absolute atomic E-state index is 11.8. The lowest BCUT2D eigenvalue weighted by Crippen LogP contribution is -2.37. The van der Waals surface area contributed by atoms with E-state index in [2.05, 4.69) is 4.84 Å². The van der Waals surface area contributed by atoms with Crippen LogP contribution < -0.4 is 0 Å². The number of imide groups is 1. The van der Waals surface area contributed by atoms with E-state index < -0.39 is 54.1 Å². The first-order valence-corrected chi connectivity index (χ1v) is 7.27. The third-order valence-electron chi connectivity index (χ3n) is 3.21. The zero-order chi connectivity index (χ0) is 18.1. The standard InChI is InChI=1S/C14H17NO9/c1-7(12(19)24-15-9(16)4-5-10(15)17)21-11(18)6-8-13(20)23-14(2,3)22-8/h7-8H,4-6H2,1-3H3/t7?,8-/m0/s1. The summed E-state index contributed by atoms with van der Waals surface area (Å²) in [6.07, 6.45) is -3.03. The van der Waals surface area contributed by atoms with Crippen LogP contribution in [-0.2, 0) is 43.0 Å². The number of rotatable bonds is 5. The normalized spacial score (nSPS) is 23.9. The molecule has 0 aromatic rings. The molecule has 2 aliphatic rings. The number of esters is 2. The predicted octanol–water partition coefficient (Wildman–Crippen LogP) is -0.407. The van der Waals surface area contributed by atoms with Crippen molar-refractivity contribution in [2.24, 2.45) is 0 Å². The summed E-state index contributed by atoms with van der Waals surface area (Å²) in [5.41, 5.74) is 0. The second-order valence-electron chi connectivity index (χ2n) is 5.76. The van der Waals surface area contributed by atoms with Crippen LogP contribution in [-0.4, -0.2) is 52.8 Å². The van der Waals surface area contributed by atoms with Gasteiger partial charge in [0.05, 0.1) is 6.42 Å². The van der Waals surface area contributed by atoms with E-state index in [4.69, 9.17) is 14.2 Å². The molecule has 0 saturated carbocycles. The van der Waals surface area contributed by atoms with Gasteiger partial charge in [-0.05, 0) is 6.92 Å². The molecule has 2 saturated heterocycles. The Morgan fingerprint density at radius 1 is 1.25 bits per heavy atom. The van der Waals surface area contributed by atoms with E-state index in [1.54, 1.807) is 0 Å². The third kappa shape index (κ3) is 4.07. The van der Waals surface area contributed by atoms with Crippen molar-refractivity contribution in [1.82, 2.24) is 5.06 Å². The molecule has 10 heteroatoms. The zero-order valence-electron chi connectivity index (χ0n) is 13.4. The number of hydrogen-bond donors (Lipinski definition) is 0. The second-order valence-corrected chi connectivity index (χ2v) is 5.76. The molecule has 2 heterocycles. The monoisotopic (exact) mass is 343 g/mol. The maximum Gasteiger partial charge on any atom is 0.373 e. The van der Waals surface area contributed by atoms with Crippen LogP contribution in [0.5, 0.6) is 0 Å². The maximum atomic E-state index is 11.8. The average molecular weight is 343 g/mol. The summed E-state index contributed by atoms with van der Waals surface area (Å²) in [5.74, 6) is -5.10. The van der Waals surface area contributed by atoms with Crippen molar-refractivity contribution in [3.8, 4) is 0 Å². The molecule has 132 valence electrons. The van der Waals surface area contributed by atoms with Gasteiger partial charge < -0.3 is 19.0 Å². The van der Waals surface area contributed by atoms with Crippen LogP contribution in [0.1, 0.15) is 40.0 Å². The van der Waals surface area contributed by atoms with Gasteiger partial charge in [0.2, 0.25) is 5.79 Å². The molecule has 0 bridgehead atoms. The summed E-state index contributed by atoms with van der Waals surface area (Å²) in [4.78, 5) is 62.4. The fourth-order valence-electron chi connectivity index (χ4n) is 2.11. The van der Waals surface area contributed by atoms with Crippen molar-refractivity contribution in [3.05, 3.63) is 0 Å². The molecule has 2 rings (SSSR count). The van der Waals surface area contributed by atoms with E-state index in [0.29, 0.717) is 5.06 Å². The molecule has 0 aromatic carbocycles. The van der Waals surface area contributed by atoms with Crippen LogP contribution in [0.2, 0.25) is 0 Å². The highest BCUT2D eigenvalue weighted by Crippen LogP contribution is 2.25. The van der Waals surface area contributed by atoms with Gasteiger partial charge in [0, 0.05) is 26.7 Å². The largest absolute Gasteiger partial charge is 0.450 e. The van der Waals surface area contributed by atoms with E-state index in [1.807, 2.05) is 0 Å². The first-order chi connectivity index (χ1) is 11.1. The smallest absolute Gasteiger partial charge is 0.373 e. The van der Waals surface area contributed by atoms with E-state index >= 15 is 0 Å². The Morgan fingerprint density at radius 2 is 1.83 bits per heavy atom. The fourth-order valence-corrected chi connectivity index (χ4v) is 2.11. The lowest BCUT2D eigenvalue weighted by Gasteiger charge is -2.17. The molecule has 2 fully saturated rings. The van der Waals surface area contributed by atoms with Gasteiger partial charge in [-0.15, -0.1) is 5.06 Å². The minimum Gasteiger partial charge on any atom is -0.450 e. The number of hydroxylamine groups is 2. The Labute approximate surface area is 136 Å². The van der Waals surface area contributed by atoms with Crippen molar-refractivity contribution in [2.75, 3.05) is 0 Å². The van der Waals surface area contributed by atoms with Crippen LogP contribution in [0, 0.1) is 0 Å². The summed E-state index contributed by atoms with van der Waals surface area (Å²) in [7, 11) is 0. The summed E-state index contributed by atoms with van der Waals surface area (Å²) in [5, 5.41) is 0.354. The highest BCUT2D eigenvalue weighted by molar-refractivity contribution is 6.01. The predicted molar refractivity (Wildman–Crippen MR) is 72.4 cm³/mol. The Kier molecular flexibility index (Phi) is 4.88. The van der Waals surface area contributed by atoms with Crippen LogP contribution in [0.25, 0.3) is 0 Å². The molecule has 10 nitrogen and oxygen atoms in total. The number of amides is 2. The number of hydrogen-bond acceptors (Lipinski definition) is 9. The average Bonchev–Trinajstić information content (AvgIpc) is 2.90. The number of carbonyl (C=O) groups excluding carboxylic acids is 5. The Morgan fingerprint density at radius 3 is 2.33 bits per heavy atom. The van der Waals surface area contributed by atoms with Gasteiger partial charge in [-0.2, -0.15) is 0 Å². The third-order valence-corrected chi connectivity index (χ3v) is 3.21. The van der Waals surface area contributed by atoms with Gasteiger partial charge in [0.25, 0.3) is 11.8 Å². The number of nitrogens with zero attached hydrogens (tertiary/aromatic N) is 1.